The van der Waals surface area contributed by atoms with Gasteiger partial charge in [0, 0.05) is 0 Å². The molecule has 0 saturated heterocycles. The third kappa shape index (κ3) is 13.0. The van der Waals surface area contributed by atoms with Crippen molar-refractivity contribution < 1.29 is 96.9 Å². The van der Waals surface area contributed by atoms with E-state index in [-0.39, 0.29) is 0 Å². The molecule has 1 aliphatic rings. The van der Waals surface area contributed by atoms with Crippen LogP contribution in [-0.2, 0) is 83.7 Å². The Morgan fingerprint density at radius 1 is 0.556 bits per heavy atom. The Kier molecular flexibility index (Phi) is 11.1. The maximum atomic E-state index is 11.7. The van der Waals surface area contributed by atoms with Crippen molar-refractivity contribution in [2.75, 3.05) is 0 Å². The van der Waals surface area contributed by atoms with Crippen molar-refractivity contribution in [3.8, 4) is 0 Å². The minimum Gasteiger partial charge on any atom is -0.325 e. The Morgan fingerprint density at radius 3 is 0.972 bits per heavy atom. The summed E-state index contributed by atoms with van der Waals surface area (Å²) in [5.41, 5.74) is 0. The van der Waals surface area contributed by atoms with Crippen LogP contribution in [0.2, 0.25) is 0 Å². The molecular formula is C6H14O22P2S6. The van der Waals surface area contributed by atoms with E-state index in [9.17, 15) is 52.9 Å². The lowest BCUT2D eigenvalue weighted by Crippen LogP contribution is -2.68. The summed E-state index contributed by atoms with van der Waals surface area (Å²) in [6.07, 6.45) is -18.5. The first kappa shape index (κ1) is 34.5. The second-order valence-corrected chi connectivity index (χ2v) is 15.6. The van der Waals surface area contributed by atoms with Gasteiger partial charge in [-0.3, -0.25) is 27.3 Å². The maximum Gasteiger partial charge on any atom is 0.397 e. The average Bonchev–Trinajstić information content (AvgIpc) is 2.51. The maximum absolute atomic E-state index is 11.7. The molecule has 1 saturated carbocycles. The van der Waals surface area contributed by atoms with Gasteiger partial charge < -0.3 is 14.7 Å². The molecule has 1 fully saturated rings. The molecule has 7 atom stereocenters. The molecule has 1 unspecified atom stereocenters. The Balaban J connectivity index is 4.11. The molecule has 216 valence electrons. The molecule has 0 aliphatic heterocycles. The monoisotopic (exact) mass is 692 g/mol. The van der Waals surface area contributed by atoms with Crippen molar-refractivity contribution in [1.29, 1.82) is 0 Å². The van der Waals surface area contributed by atoms with E-state index in [1.165, 1.54) is 0 Å². The largest absolute Gasteiger partial charge is 0.397 e. The Labute approximate surface area is 212 Å². The van der Waals surface area contributed by atoms with Crippen molar-refractivity contribution in [3.63, 3.8) is 0 Å². The highest BCUT2D eigenvalue weighted by molar-refractivity contribution is 8.44. The second kappa shape index (κ2) is 11.6. The first-order valence-corrected chi connectivity index (χ1v) is 18.5. The molecule has 0 bridgehead atoms. The molecule has 0 aromatic carbocycles. The van der Waals surface area contributed by atoms with E-state index in [1.54, 1.807) is 0 Å². The van der Waals surface area contributed by atoms with Gasteiger partial charge in [-0.05, 0) is 11.8 Å². The third-order valence-electron chi connectivity index (χ3n) is 3.39. The predicted molar refractivity (Wildman–Crippen MR) is 113 cm³/mol. The molecule has 1 rings (SSSR count). The van der Waals surface area contributed by atoms with E-state index >= 15 is 0 Å². The minimum atomic E-state index is -5.93. The molecule has 7 N–H and O–H groups in total. The summed E-state index contributed by atoms with van der Waals surface area (Å²) in [6.45, 7) is -10.5. The molecule has 22 nitrogen and oxygen atoms in total. The zero-order valence-electron chi connectivity index (χ0n) is 16.1. The topological polar surface area (TPSA) is 351 Å². The highest BCUT2D eigenvalue weighted by atomic mass is 32.7. The fourth-order valence-corrected chi connectivity index (χ4v) is 6.42. The molecule has 0 amide bonds. The van der Waals surface area contributed by atoms with Gasteiger partial charge in [-0.15, -0.1) is 0 Å². The van der Waals surface area contributed by atoms with E-state index in [0.29, 0.717) is 0 Å². The molecule has 0 spiro atoms. The summed E-state index contributed by atoms with van der Waals surface area (Å²) in [6, 6.07) is 0. The molecule has 0 aromatic rings. The number of hydrogen-bond donors (Lipinski definition) is 8. The van der Waals surface area contributed by atoms with E-state index in [1.807, 2.05) is 0 Å². The van der Waals surface area contributed by atoms with E-state index in [2.05, 4.69) is 49.8 Å². The lowest BCUT2D eigenvalue weighted by molar-refractivity contribution is -0.187. The molecule has 0 heterocycles. The summed E-state index contributed by atoms with van der Waals surface area (Å²) in [5, 5.41) is 0. The lowest BCUT2D eigenvalue weighted by atomic mass is 9.85. The number of thiol groups is 1. The summed E-state index contributed by atoms with van der Waals surface area (Å²) in [7, 11) is -23.6. The minimum absolute atomic E-state index is 2.96. The summed E-state index contributed by atoms with van der Waals surface area (Å²) in [5.74, 6) is 0. The molecule has 30 heteroatoms. The fraction of sp³-hybridized carbons (Fsp3) is 1.00. The van der Waals surface area contributed by atoms with E-state index in [4.69, 9.17) is 18.2 Å². The van der Waals surface area contributed by atoms with Crippen LogP contribution in [0.4, 0.5) is 0 Å². The van der Waals surface area contributed by atoms with Gasteiger partial charge in [-0.1, -0.05) is 12.2 Å². The first-order chi connectivity index (χ1) is 15.6. The zero-order chi connectivity index (χ0) is 28.7. The van der Waals surface area contributed by atoms with Crippen molar-refractivity contribution in [2.24, 2.45) is 0 Å². The van der Waals surface area contributed by atoms with Crippen LogP contribution in [0, 0.1) is 0 Å². The van der Waals surface area contributed by atoms with Gasteiger partial charge in [0.1, 0.15) is 36.6 Å². The highest BCUT2D eigenvalue weighted by Crippen LogP contribution is 2.53. The Morgan fingerprint density at radius 2 is 0.778 bits per heavy atom. The SMILES string of the molecule is O=P(O)(S)O[C@@H]1[C@@H](OP(O)(O)=S)[C@@H](OS(=O)(=O)O)[C@@H](OS(=O)(=O)O)[C@H](OS(=O)(=O)O)[C@H]1OS(=O)(=O)O. The van der Waals surface area contributed by atoms with E-state index < -0.39 is 91.7 Å². The van der Waals surface area contributed by atoms with Crippen LogP contribution in [0.25, 0.3) is 0 Å². The third-order valence-corrected chi connectivity index (χ3v) is 6.83. The van der Waals surface area contributed by atoms with Crippen LogP contribution in [0.3, 0.4) is 0 Å². The van der Waals surface area contributed by atoms with E-state index in [0.717, 1.165) is 0 Å². The molecule has 36 heavy (non-hydrogen) atoms. The highest BCUT2D eigenvalue weighted by Gasteiger charge is 2.61. The summed E-state index contributed by atoms with van der Waals surface area (Å²) < 4.78 is 163. The standard InChI is InChI=1S/C6H14O22P2S6/c7-29(8,31)23-1-2(24-30(9,10)32)4(26-34(14,15)16)6(28-36(20,21)22)5(27-35(17,18)19)3(1)25-33(11,12)13/h1-6H,(H2,7,8,31)(H2,9,10,32)(H,11,12,13)(H,14,15,16)(H,17,18,19)(H,20,21,22)/t1-,2-,3-,4+,5-,6-/m1/s1. The van der Waals surface area contributed by atoms with Crippen LogP contribution in [0.5, 0.6) is 0 Å². The van der Waals surface area contributed by atoms with Gasteiger partial charge in [0.25, 0.3) is 0 Å². The predicted octanol–water partition coefficient (Wildman–Crippen LogP) is -3.24. The van der Waals surface area contributed by atoms with Crippen LogP contribution in [-0.4, -0.2) is 103 Å². The van der Waals surface area contributed by atoms with Crippen LogP contribution < -0.4 is 0 Å². The summed E-state index contributed by atoms with van der Waals surface area (Å²) >= 11 is 7.14. The molecule has 0 aromatic heterocycles. The summed E-state index contributed by atoms with van der Waals surface area (Å²) in [4.78, 5) is 28.4. The lowest BCUT2D eigenvalue weighted by Gasteiger charge is -2.46. The van der Waals surface area contributed by atoms with Crippen LogP contribution in [0.15, 0.2) is 0 Å². The normalized spacial score (nSPS) is 30.6. The van der Waals surface area contributed by atoms with Gasteiger partial charge in [0.15, 0.2) is 0 Å². The fourth-order valence-electron chi connectivity index (χ4n) is 2.68. The second-order valence-electron chi connectivity index (χ2n) is 6.08. The molecule has 1 aliphatic carbocycles. The van der Waals surface area contributed by atoms with Crippen molar-refractivity contribution in [1.82, 2.24) is 0 Å². The smallest absolute Gasteiger partial charge is 0.325 e. The molecule has 0 radical (unpaired) electrons. The van der Waals surface area contributed by atoms with Gasteiger partial charge in [0.2, 0.25) is 0 Å². The van der Waals surface area contributed by atoms with Crippen molar-refractivity contribution >= 4 is 79.2 Å². The Bertz CT molecular complexity index is 1220. The zero-order valence-corrected chi connectivity index (χ0v) is 22.9. The quantitative estimate of drug-likeness (QED) is 0.0565. The van der Waals surface area contributed by atoms with Gasteiger partial charge >= 0.3 is 55.1 Å². The van der Waals surface area contributed by atoms with Gasteiger partial charge in [-0.2, -0.15) is 33.7 Å². The Hall–Kier alpha value is 0.510. The average molecular weight is 693 g/mol. The first-order valence-electron chi connectivity index (χ1n) is 7.67. The number of rotatable bonds is 12. The molecular weight excluding hydrogens is 678 g/mol. The van der Waals surface area contributed by atoms with Crippen LogP contribution in [0.1, 0.15) is 0 Å². The van der Waals surface area contributed by atoms with Crippen molar-refractivity contribution in [3.05, 3.63) is 0 Å². The van der Waals surface area contributed by atoms with Crippen LogP contribution >= 0.6 is 25.8 Å². The van der Waals surface area contributed by atoms with Crippen molar-refractivity contribution in [2.45, 2.75) is 36.6 Å². The van der Waals surface area contributed by atoms with Gasteiger partial charge in [-0.25, -0.2) is 21.3 Å². The number of hydrogen-bond acceptors (Lipinski definition) is 16. The van der Waals surface area contributed by atoms with Gasteiger partial charge in [0.05, 0.1) is 0 Å².